The number of benzene rings is 2. The third kappa shape index (κ3) is 3.36. The summed E-state index contributed by atoms with van der Waals surface area (Å²) in [6, 6.07) is 10.1. The van der Waals surface area contributed by atoms with E-state index in [4.69, 9.17) is 0 Å². The van der Waals surface area contributed by atoms with E-state index in [2.05, 4.69) is 0 Å². The van der Waals surface area contributed by atoms with E-state index in [9.17, 15) is 19.3 Å². The molecule has 0 aromatic heterocycles. The van der Waals surface area contributed by atoms with Gasteiger partial charge in [-0.1, -0.05) is 24.3 Å². The van der Waals surface area contributed by atoms with Crippen molar-refractivity contribution in [3.63, 3.8) is 0 Å². The Morgan fingerprint density at radius 3 is 2.39 bits per heavy atom. The lowest BCUT2D eigenvalue weighted by Gasteiger charge is -2.25. The third-order valence-corrected chi connectivity index (χ3v) is 3.90. The van der Waals surface area contributed by atoms with Crippen LogP contribution in [0.5, 0.6) is 0 Å². The first-order chi connectivity index (χ1) is 10.8. The van der Waals surface area contributed by atoms with Gasteiger partial charge in [0.05, 0.1) is 11.0 Å². The Hall–Kier alpha value is -2.76. The average molecular weight is 316 g/mol. The van der Waals surface area contributed by atoms with Crippen LogP contribution in [0.25, 0.3) is 0 Å². The van der Waals surface area contributed by atoms with Crippen molar-refractivity contribution in [2.45, 2.75) is 19.9 Å². The fourth-order valence-electron chi connectivity index (χ4n) is 2.40. The van der Waals surface area contributed by atoms with Crippen LogP contribution in [0, 0.1) is 22.9 Å². The second-order valence-corrected chi connectivity index (χ2v) is 5.37. The first-order valence-electron chi connectivity index (χ1n) is 7.09. The number of carbonyl (C=O) groups excluding carboxylic acids is 1. The molecular formula is C17H17FN2O3. The predicted octanol–water partition coefficient (Wildman–Crippen LogP) is 3.88. The highest BCUT2D eigenvalue weighted by Crippen LogP contribution is 2.27. The third-order valence-electron chi connectivity index (χ3n) is 3.90. The second kappa shape index (κ2) is 6.56. The highest BCUT2D eigenvalue weighted by molar-refractivity contribution is 5.98. The molecule has 0 radical (unpaired) electrons. The zero-order chi connectivity index (χ0) is 17.1. The minimum absolute atomic E-state index is 0.0476. The molecule has 2 rings (SSSR count). The van der Waals surface area contributed by atoms with Crippen LogP contribution in [0.15, 0.2) is 42.5 Å². The van der Waals surface area contributed by atoms with Crippen LogP contribution in [-0.4, -0.2) is 22.8 Å². The maximum atomic E-state index is 13.0. The number of aryl methyl sites for hydroxylation is 1. The largest absolute Gasteiger partial charge is 0.335 e. The Kier molecular flexibility index (Phi) is 4.74. The van der Waals surface area contributed by atoms with Gasteiger partial charge in [0, 0.05) is 12.6 Å². The SMILES string of the molecule is Cc1cccc(C(=O)N(C)C(C)c2ccc(F)cc2)c1[N+](=O)[O-]. The maximum absolute atomic E-state index is 13.0. The standard InChI is InChI=1S/C17H17FN2O3/c1-11-5-4-6-15(16(11)20(22)23)17(21)19(3)12(2)13-7-9-14(18)10-8-13/h4-10,12H,1-3H3. The van der Waals surface area contributed by atoms with Crippen molar-refractivity contribution in [3.8, 4) is 0 Å². The number of nitro groups is 1. The lowest BCUT2D eigenvalue weighted by atomic mass is 10.0. The van der Waals surface area contributed by atoms with Crippen LogP contribution < -0.4 is 0 Å². The molecule has 0 N–H and O–H groups in total. The van der Waals surface area contributed by atoms with E-state index in [-0.39, 0.29) is 23.1 Å². The van der Waals surface area contributed by atoms with E-state index in [1.165, 1.54) is 23.1 Å². The molecular weight excluding hydrogens is 299 g/mol. The number of nitro benzene ring substituents is 1. The summed E-state index contributed by atoms with van der Waals surface area (Å²) in [4.78, 5) is 24.8. The van der Waals surface area contributed by atoms with E-state index in [1.54, 1.807) is 45.2 Å². The van der Waals surface area contributed by atoms with Gasteiger partial charge in [-0.15, -0.1) is 0 Å². The molecule has 0 heterocycles. The van der Waals surface area contributed by atoms with Crippen molar-refractivity contribution >= 4 is 11.6 Å². The smallest absolute Gasteiger partial charge is 0.285 e. The summed E-state index contributed by atoms with van der Waals surface area (Å²) in [6.07, 6.45) is 0. The summed E-state index contributed by atoms with van der Waals surface area (Å²) < 4.78 is 13.0. The summed E-state index contributed by atoms with van der Waals surface area (Å²) in [5.74, 6) is -0.804. The molecule has 2 aromatic carbocycles. The Bertz CT molecular complexity index is 744. The number of hydrogen-bond acceptors (Lipinski definition) is 3. The zero-order valence-corrected chi connectivity index (χ0v) is 13.1. The number of rotatable bonds is 4. The van der Waals surface area contributed by atoms with Gasteiger partial charge < -0.3 is 4.90 Å². The van der Waals surface area contributed by atoms with Crippen molar-refractivity contribution in [1.29, 1.82) is 0 Å². The van der Waals surface area contributed by atoms with Gasteiger partial charge >= 0.3 is 0 Å². The summed E-state index contributed by atoms with van der Waals surface area (Å²) in [5, 5.41) is 11.2. The summed E-state index contributed by atoms with van der Waals surface area (Å²) in [6.45, 7) is 3.38. The highest BCUT2D eigenvalue weighted by Gasteiger charge is 2.27. The van der Waals surface area contributed by atoms with Crippen molar-refractivity contribution in [3.05, 3.63) is 75.1 Å². The molecule has 0 aliphatic heterocycles. The molecule has 0 saturated heterocycles. The number of carbonyl (C=O) groups is 1. The van der Waals surface area contributed by atoms with Crippen LogP contribution in [0.4, 0.5) is 10.1 Å². The molecule has 1 atom stereocenters. The van der Waals surface area contributed by atoms with Crippen LogP contribution in [0.2, 0.25) is 0 Å². The average Bonchev–Trinajstić information content (AvgIpc) is 2.52. The van der Waals surface area contributed by atoms with Gasteiger partial charge in [-0.3, -0.25) is 14.9 Å². The summed E-state index contributed by atoms with van der Waals surface area (Å²) >= 11 is 0. The first kappa shape index (κ1) is 16.6. The Labute approximate surface area is 133 Å². The molecule has 0 bridgehead atoms. The molecule has 5 nitrogen and oxygen atoms in total. The number of para-hydroxylation sites is 1. The second-order valence-electron chi connectivity index (χ2n) is 5.37. The Morgan fingerprint density at radius 1 is 1.22 bits per heavy atom. The topological polar surface area (TPSA) is 63.5 Å². The van der Waals surface area contributed by atoms with Gasteiger partial charge in [-0.05, 0) is 37.6 Å². The molecule has 0 aliphatic carbocycles. The summed E-state index contributed by atoms with van der Waals surface area (Å²) in [5.41, 5.74) is 1.04. The van der Waals surface area contributed by atoms with E-state index >= 15 is 0 Å². The normalized spacial score (nSPS) is 11.8. The molecule has 0 fully saturated rings. The first-order valence-corrected chi connectivity index (χ1v) is 7.09. The lowest BCUT2D eigenvalue weighted by molar-refractivity contribution is -0.385. The van der Waals surface area contributed by atoms with Gasteiger partial charge in [0.15, 0.2) is 0 Å². The zero-order valence-electron chi connectivity index (χ0n) is 13.1. The molecule has 1 amide bonds. The number of halogens is 1. The van der Waals surface area contributed by atoms with Gasteiger partial charge in [-0.2, -0.15) is 0 Å². The molecule has 0 aliphatic rings. The number of amides is 1. The van der Waals surface area contributed by atoms with Crippen molar-refractivity contribution in [2.24, 2.45) is 0 Å². The van der Waals surface area contributed by atoms with Crippen molar-refractivity contribution in [2.75, 3.05) is 7.05 Å². The minimum atomic E-state index is -0.543. The molecule has 23 heavy (non-hydrogen) atoms. The lowest BCUT2D eigenvalue weighted by Crippen LogP contribution is -2.30. The highest BCUT2D eigenvalue weighted by atomic mass is 19.1. The van der Waals surface area contributed by atoms with E-state index < -0.39 is 10.8 Å². The van der Waals surface area contributed by atoms with Crippen molar-refractivity contribution < 1.29 is 14.1 Å². The molecule has 1 unspecified atom stereocenters. The van der Waals surface area contributed by atoms with Gasteiger partial charge in [0.25, 0.3) is 11.6 Å². The van der Waals surface area contributed by atoms with Crippen molar-refractivity contribution in [1.82, 2.24) is 4.90 Å². The molecule has 2 aromatic rings. The van der Waals surface area contributed by atoms with E-state index in [0.717, 1.165) is 5.56 Å². The minimum Gasteiger partial charge on any atom is -0.335 e. The maximum Gasteiger partial charge on any atom is 0.285 e. The van der Waals surface area contributed by atoms with Crippen LogP contribution in [-0.2, 0) is 0 Å². The molecule has 120 valence electrons. The Morgan fingerprint density at radius 2 is 1.83 bits per heavy atom. The van der Waals surface area contributed by atoms with Crippen LogP contribution >= 0.6 is 0 Å². The predicted molar refractivity (Wildman–Crippen MR) is 84.7 cm³/mol. The van der Waals surface area contributed by atoms with Crippen LogP contribution in [0.1, 0.15) is 34.5 Å². The van der Waals surface area contributed by atoms with E-state index in [0.29, 0.717) is 5.56 Å². The van der Waals surface area contributed by atoms with Gasteiger partial charge in [0.1, 0.15) is 11.4 Å². The Balaban J connectivity index is 2.35. The fraction of sp³-hybridized carbons (Fsp3) is 0.235. The van der Waals surface area contributed by atoms with Gasteiger partial charge in [0.2, 0.25) is 0 Å². The molecule has 0 saturated carbocycles. The number of hydrogen-bond donors (Lipinski definition) is 0. The summed E-state index contributed by atoms with van der Waals surface area (Å²) in [7, 11) is 1.57. The van der Waals surface area contributed by atoms with E-state index in [1.807, 2.05) is 0 Å². The monoisotopic (exact) mass is 316 g/mol. The van der Waals surface area contributed by atoms with Gasteiger partial charge in [-0.25, -0.2) is 4.39 Å². The molecule has 6 heteroatoms. The van der Waals surface area contributed by atoms with Crippen LogP contribution in [0.3, 0.4) is 0 Å². The molecule has 0 spiro atoms. The quantitative estimate of drug-likeness (QED) is 0.635. The fourth-order valence-corrected chi connectivity index (χ4v) is 2.40. The number of nitrogens with zero attached hydrogens (tertiary/aromatic N) is 2.